The number of nitrogens with one attached hydrogen (secondary N) is 1. The van der Waals surface area contributed by atoms with E-state index in [-0.39, 0.29) is 17.5 Å². The predicted octanol–water partition coefficient (Wildman–Crippen LogP) is 0.557. The average molecular weight is 349 g/mol. The van der Waals surface area contributed by atoms with Crippen molar-refractivity contribution in [3.63, 3.8) is 0 Å². The Morgan fingerprint density at radius 2 is 1.88 bits per heavy atom. The van der Waals surface area contributed by atoms with Crippen molar-refractivity contribution in [3.05, 3.63) is 59.9 Å². The van der Waals surface area contributed by atoms with Crippen molar-refractivity contribution in [1.29, 1.82) is 0 Å². The Hall–Kier alpha value is -2.29. The van der Waals surface area contributed by atoms with Gasteiger partial charge in [-0.2, -0.15) is 0 Å². The van der Waals surface area contributed by atoms with Gasteiger partial charge in [-0.05, 0) is 36.2 Å². The Balaban J connectivity index is 2.10. The Labute approximate surface area is 140 Å². The Morgan fingerprint density at radius 3 is 2.42 bits per heavy atom. The van der Waals surface area contributed by atoms with Gasteiger partial charge in [0.1, 0.15) is 0 Å². The van der Waals surface area contributed by atoms with E-state index in [1.165, 1.54) is 12.1 Å². The Morgan fingerprint density at radius 1 is 1.17 bits per heavy atom. The smallest absolute Gasteiger partial charge is 0.317 e. The maximum Gasteiger partial charge on any atom is 0.317 e. The highest BCUT2D eigenvalue weighted by Crippen LogP contribution is 2.12. The number of rotatable bonds is 8. The van der Waals surface area contributed by atoms with Gasteiger partial charge in [0.15, 0.2) is 0 Å². The number of carbonyl (C=O) groups is 1. The molecule has 1 atom stereocenters. The van der Waals surface area contributed by atoms with Crippen LogP contribution in [0.1, 0.15) is 11.3 Å². The third-order valence-corrected chi connectivity index (χ3v) is 4.39. The van der Waals surface area contributed by atoms with E-state index in [1.54, 1.807) is 18.3 Å². The van der Waals surface area contributed by atoms with Crippen LogP contribution in [-0.2, 0) is 27.7 Å². The molecule has 7 nitrogen and oxygen atoms in total. The summed E-state index contributed by atoms with van der Waals surface area (Å²) >= 11 is 0. The molecule has 0 bridgehead atoms. The van der Waals surface area contributed by atoms with Crippen molar-refractivity contribution < 1.29 is 18.3 Å². The fourth-order valence-electron chi connectivity index (χ4n) is 2.32. The fourth-order valence-corrected chi connectivity index (χ4v) is 2.83. The second-order valence-electron chi connectivity index (χ2n) is 5.39. The van der Waals surface area contributed by atoms with Gasteiger partial charge in [-0.1, -0.05) is 18.2 Å². The lowest BCUT2D eigenvalue weighted by Crippen LogP contribution is -2.37. The zero-order chi connectivity index (χ0) is 17.6. The summed E-state index contributed by atoms with van der Waals surface area (Å²) in [7, 11) is -3.72. The molecular weight excluding hydrogens is 330 g/mol. The van der Waals surface area contributed by atoms with Crippen LogP contribution >= 0.6 is 0 Å². The number of aromatic nitrogens is 1. The molecule has 0 aliphatic rings. The molecule has 1 aromatic heterocycles. The van der Waals surface area contributed by atoms with Crippen LogP contribution in [-0.4, -0.2) is 37.1 Å². The molecule has 0 spiro atoms. The number of benzene rings is 1. The van der Waals surface area contributed by atoms with Crippen LogP contribution in [0.15, 0.2) is 53.6 Å². The lowest BCUT2D eigenvalue weighted by atomic mass is 10.0. The molecule has 2 aromatic rings. The number of pyridine rings is 1. The molecule has 1 unspecified atom stereocenters. The van der Waals surface area contributed by atoms with E-state index in [9.17, 15) is 13.2 Å². The zero-order valence-corrected chi connectivity index (χ0v) is 13.7. The van der Waals surface area contributed by atoms with Crippen LogP contribution in [0, 0.1) is 0 Å². The highest BCUT2D eigenvalue weighted by Gasteiger charge is 2.14. The molecular formula is C16H19N3O4S. The average Bonchev–Trinajstić information content (AvgIpc) is 2.53. The van der Waals surface area contributed by atoms with Gasteiger partial charge in [0, 0.05) is 24.4 Å². The minimum absolute atomic E-state index is 0.0472. The number of hydrogen-bond donors (Lipinski definition) is 3. The summed E-state index contributed by atoms with van der Waals surface area (Å²) in [6, 6.07) is 11.7. The summed E-state index contributed by atoms with van der Waals surface area (Å²) in [5, 5.41) is 16.9. The maximum absolute atomic E-state index is 11.3. The van der Waals surface area contributed by atoms with Crippen LogP contribution in [0.25, 0.3) is 0 Å². The number of hydrogen-bond acceptors (Lipinski definition) is 5. The molecule has 8 heteroatoms. The monoisotopic (exact) mass is 349 g/mol. The molecule has 128 valence electrons. The molecule has 24 heavy (non-hydrogen) atoms. The highest BCUT2D eigenvalue weighted by atomic mass is 32.2. The lowest BCUT2D eigenvalue weighted by Gasteiger charge is -2.17. The lowest BCUT2D eigenvalue weighted by molar-refractivity contribution is -0.136. The number of nitrogens with two attached hydrogens (primary N) is 1. The van der Waals surface area contributed by atoms with Crippen LogP contribution < -0.4 is 10.5 Å². The topological polar surface area (TPSA) is 122 Å². The molecule has 2 rings (SSSR count). The summed E-state index contributed by atoms with van der Waals surface area (Å²) in [5.74, 6) is -0.939. The van der Waals surface area contributed by atoms with E-state index in [1.807, 2.05) is 18.2 Å². The third kappa shape index (κ3) is 5.73. The van der Waals surface area contributed by atoms with Gasteiger partial charge in [0.25, 0.3) is 0 Å². The first-order valence-electron chi connectivity index (χ1n) is 7.31. The molecule has 0 aliphatic carbocycles. The number of aliphatic carboxylic acids is 1. The number of primary sulfonamides is 1. The first-order chi connectivity index (χ1) is 11.3. The minimum Gasteiger partial charge on any atom is -0.480 e. The molecule has 0 aliphatic heterocycles. The van der Waals surface area contributed by atoms with Crippen molar-refractivity contribution in [1.82, 2.24) is 10.3 Å². The predicted molar refractivity (Wildman–Crippen MR) is 88.9 cm³/mol. The van der Waals surface area contributed by atoms with E-state index in [4.69, 9.17) is 10.2 Å². The van der Waals surface area contributed by atoms with Crippen LogP contribution in [0.5, 0.6) is 0 Å². The van der Waals surface area contributed by atoms with E-state index in [0.29, 0.717) is 12.8 Å². The molecule has 0 saturated carbocycles. The van der Waals surface area contributed by atoms with Gasteiger partial charge in [0.2, 0.25) is 10.0 Å². The molecule has 4 N–H and O–H groups in total. The molecule has 1 heterocycles. The van der Waals surface area contributed by atoms with E-state index < -0.39 is 16.0 Å². The van der Waals surface area contributed by atoms with Crippen molar-refractivity contribution in [2.75, 3.05) is 6.54 Å². The second-order valence-corrected chi connectivity index (χ2v) is 6.95. The van der Waals surface area contributed by atoms with Crippen molar-refractivity contribution >= 4 is 16.0 Å². The van der Waals surface area contributed by atoms with Gasteiger partial charge in [-0.15, -0.1) is 0 Å². The SMILES string of the molecule is NS(=O)(=O)c1ccc(CC(Cc2ccccn2)NCC(=O)O)cc1. The van der Waals surface area contributed by atoms with Gasteiger partial charge >= 0.3 is 5.97 Å². The van der Waals surface area contributed by atoms with Crippen LogP contribution in [0.2, 0.25) is 0 Å². The van der Waals surface area contributed by atoms with E-state index in [2.05, 4.69) is 10.3 Å². The van der Waals surface area contributed by atoms with Crippen molar-refractivity contribution in [3.8, 4) is 0 Å². The third-order valence-electron chi connectivity index (χ3n) is 3.46. The largest absolute Gasteiger partial charge is 0.480 e. The normalized spacial score (nSPS) is 12.7. The van der Waals surface area contributed by atoms with E-state index in [0.717, 1.165) is 11.3 Å². The minimum atomic E-state index is -3.72. The van der Waals surface area contributed by atoms with E-state index >= 15 is 0 Å². The number of carboxylic acids is 1. The summed E-state index contributed by atoms with van der Waals surface area (Å²) in [6.45, 7) is -0.160. The van der Waals surface area contributed by atoms with Crippen molar-refractivity contribution in [2.24, 2.45) is 5.14 Å². The number of carboxylic acid groups (broad SMARTS) is 1. The molecule has 0 amide bonds. The standard InChI is InChI=1S/C16H19N3O4S/c17-24(22,23)15-6-4-12(5-7-15)9-14(19-11-16(20)21)10-13-3-1-2-8-18-13/h1-8,14,19H,9-11H2,(H,20,21)(H2,17,22,23). The van der Waals surface area contributed by atoms with Crippen LogP contribution in [0.3, 0.4) is 0 Å². The summed E-state index contributed by atoms with van der Waals surface area (Å²) in [4.78, 5) is 15.1. The second kappa shape index (κ2) is 8.00. The van der Waals surface area contributed by atoms with Gasteiger partial charge in [0.05, 0.1) is 11.4 Å². The Kier molecular flexibility index (Phi) is 6.02. The van der Waals surface area contributed by atoms with Crippen molar-refractivity contribution in [2.45, 2.75) is 23.8 Å². The number of nitrogens with zero attached hydrogens (tertiary/aromatic N) is 1. The van der Waals surface area contributed by atoms with Gasteiger partial charge in [-0.25, -0.2) is 13.6 Å². The van der Waals surface area contributed by atoms with Gasteiger partial charge in [-0.3, -0.25) is 9.78 Å². The molecule has 0 fully saturated rings. The molecule has 0 radical (unpaired) electrons. The molecule has 1 aromatic carbocycles. The number of sulfonamides is 1. The first-order valence-corrected chi connectivity index (χ1v) is 8.86. The Bertz CT molecular complexity index is 777. The van der Waals surface area contributed by atoms with Gasteiger partial charge < -0.3 is 10.4 Å². The summed E-state index contributed by atoms with van der Waals surface area (Å²) < 4.78 is 22.6. The fraction of sp³-hybridized carbons (Fsp3) is 0.250. The highest BCUT2D eigenvalue weighted by molar-refractivity contribution is 7.89. The van der Waals surface area contributed by atoms with Crippen LogP contribution in [0.4, 0.5) is 0 Å². The maximum atomic E-state index is 11.3. The summed E-state index contributed by atoms with van der Waals surface area (Å²) in [5.41, 5.74) is 1.72. The summed E-state index contributed by atoms with van der Waals surface area (Å²) in [6.07, 6.45) is 2.78. The quantitative estimate of drug-likeness (QED) is 0.640. The first kappa shape index (κ1) is 18.1. The zero-order valence-electron chi connectivity index (χ0n) is 12.9. The molecule has 0 saturated heterocycles.